The standard InChI is InChI=1S/C17H11NS/c1-2-5-12(6-3-1)13-8-9-15-14(11-13)17-16(19-15)7-4-10-18-17/h1-11H. The fourth-order valence-electron chi connectivity index (χ4n) is 2.41. The summed E-state index contributed by atoms with van der Waals surface area (Å²) in [6, 6.07) is 21.2. The fraction of sp³-hybridized carbons (Fsp3) is 0. The molecule has 1 nitrogen and oxygen atoms in total. The van der Waals surface area contributed by atoms with Crippen molar-refractivity contribution < 1.29 is 0 Å². The molecule has 4 aromatic rings. The van der Waals surface area contributed by atoms with Gasteiger partial charge in [-0.05, 0) is 35.4 Å². The van der Waals surface area contributed by atoms with Crippen LogP contribution in [0.25, 0.3) is 31.4 Å². The smallest absolute Gasteiger partial charge is 0.0888 e. The first-order valence-corrected chi connectivity index (χ1v) is 7.06. The Kier molecular flexibility index (Phi) is 2.35. The van der Waals surface area contributed by atoms with E-state index >= 15 is 0 Å². The molecule has 0 amide bonds. The van der Waals surface area contributed by atoms with Crippen LogP contribution < -0.4 is 0 Å². The van der Waals surface area contributed by atoms with E-state index < -0.39 is 0 Å². The lowest BCUT2D eigenvalue weighted by molar-refractivity contribution is 1.44. The normalized spacial score (nSPS) is 11.2. The Morgan fingerprint density at radius 2 is 1.63 bits per heavy atom. The number of thiophene rings is 1. The molecule has 2 aromatic carbocycles. The van der Waals surface area contributed by atoms with Crippen LogP contribution >= 0.6 is 11.3 Å². The summed E-state index contributed by atoms with van der Waals surface area (Å²) in [5.41, 5.74) is 3.61. The lowest BCUT2D eigenvalue weighted by Crippen LogP contribution is -1.77. The molecule has 0 unspecified atom stereocenters. The van der Waals surface area contributed by atoms with Crippen molar-refractivity contribution in [2.75, 3.05) is 0 Å². The molecule has 0 spiro atoms. The van der Waals surface area contributed by atoms with Gasteiger partial charge in [0.15, 0.2) is 0 Å². The van der Waals surface area contributed by atoms with Crippen LogP contribution in [0.3, 0.4) is 0 Å². The van der Waals surface area contributed by atoms with Crippen LogP contribution in [-0.2, 0) is 0 Å². The maximum atomic E-state index is 4.51. The van der Waals surface area contributed by atoms with Crippen LogP contribution in [0.1, 0.15) is 0 Å². The summed E-state index contributed by atoms with van der Waals surface area (Å²) in [5, 5.41) is 1.25. The van der Waals surface area contributed by atoms with E-state index in [1.165, 1.54) is 25.9 Å². The molecule has 2 heteroatoms. The number of rotatable bonds is 1. The monoisotopic (exact) mass is 261 g/mol. The first-order chi connectivity index (χ1) is 9.42. The Labute approximate surface area is 115 Å². The van der Waals surface area contributed by atoms with Gasteiger partial charge in [0.05, 0.1) is 10.2 Å². The molecule has 0 N–H and O–H groups in total. The van der Waals surface area contributed by atoms with Crippen molar-refractivity contribution in [3.05, 3.63) is 66.9 Å². The van der Waals surface area contributed by atoms with Gasteiger partial charge in [0.25, 0.3) is 0 Å². The zero-order chi connectivity index (χ0) is 12.7. The second kappa shape index (κ2) is 4.18. The molecule has 4 rings (SSSR count). The summed E-state index contributed by atoms with van der Waals surface area (Å²) in [5.74, 6) is 0. The van der Waals surface area contributed by atoms with Crippen LogP contribution in [0, 0.1) is 0 Å². The van der Waals surface area contributed by atoms with E-state index in [0.29, 0.717) is 0 Å². The lowest BCUT2D eigenvalue weighted by Gasteiger charge is -2.01. The minimum absolute atomic E-state index is 1.11. The van der Waals surface area contributed by atoms with E-state index in [1.807, 2.05) is 18.3 Å². The van der Waals surface area contributed by atoms with E-state index in [9.17, 15) is 0 Å². The van der Waals surface area contributed by atoms with Gasteiger partial charge < -0.3 is 0 Å². The van der Waals surface area contributed by atoms with Crippen LogP contribution in [0.4, 0.5) is 0 Å². The van der Waals surface area contributed by atoms with Gasteiger partial charge in [0, 0.05) is 16.3 Å². The number of nitrogens with zero attached hydrogens (tertiary/aromatic N) is 1. The molecule has 2 aromatic heterocycles. The SMILES string of the molecule is c1ccc(-c2ccc3sc4cccnc4c3c2)cc1. The molecule has 0 fully saturated rings. The van der Waals surface area contributed by atoms with Crippen molar-refractivity contribution in [2.45, 2.75) is 0 Å². The minimum atomic E-state index is 1.11. The Bertz CT molecular complexity index is 862. The first-order valence-electron chi connectivity index (χ1n) is 6.24. The molecule has 0 atom stereocenters. The molecule has 0 saturated heterocycles. The van der Waals surface area contributed by atoms with Gasteiger partial charge in [-0.3, -0.25) is 4.98 Å². The summed E-state index contributed by atoms with van der Waals surface area (Å²) >= 11 is 1.80. The third-order valence-corrected chi connectivity index (χ3v) is 4.46. The molecule has 0 radical (unpaired) electrons. The second-order valence-electron chi connectivity index (χ2n) is 4.53. The van der Waals surface area contributed by atoms with Crippen molar-refractivity contribution in [3.8, 4) is 11.1 Å². The molecule has 0 aliphatic rings. The highest BCUT2D eigenvalue weighted by Crippen LogP contribution is 2.34. The summed E-state index contributed by atoms with van der Waals surface area (Å²) in [6.07, 6.45) is 1.86. The van der Waals surface area contributed by atoms with Crippen molar-refractivity contribution in [1.29, 1.82) is 0 Å². The maximum Gasteiger partial charge on any atom is 0.0888 e. The van der Waals surface area contributed by atoms with Crippen molar-refractivity contribution in [3.63, 3.8) is 0 Å². The van der Waals surface area contributed by atoms with E-state index in [4.69, 9.17) is 0 Å². The van der Waals surface area contributed by atoms with Gasteiger partial charge in [0.2, 0.25) is 0 Å². The fourth-order valence-corrected chi connectivity index (χ4v) is 3.45. The van der Waals surface area contributed by atoms with E-state index in [2.05, 4.69) is 53.5 Å². The molecule has 0 bridgehead atoms. The minimum Gasteiger partial charge on any atom is -0.255 e. The zero-order valence-corrected chi connectivity index (χ0v) is 11.0. The molecular formula is C17H11NS. The summed E-state index contributed by atoms with van der Waals surface area (Å²) < 4.78 is 2.55. The predicted octanol–water partition coefficient (Wildman–Crippen LogP) is 5.12. The Morgan fingerprint density at radius 1 is 0.737 bits per heavy atom. The van der Waals surface area contributed by atoms with Gasteiger partial charge in [-0.15, -0.1) is 11.3 Å². The number of fused-ring (bicyclic) bond motifs is 3. The maximum absolute atomic E-state index is 4.51. The largest absolute Gasteiger partial charge is 0.255 e. The lowest BCUT2D eigenvalue weighted by atomic mass is 10.0. The van der Waals surface area contributed by atoms with Crippen molar-refractivity contribution in [2.24, 2.45) is 0 Å². The van der Waals surface area contributed by atoms with Crippen LogP contribution in [-0.4, -0.2) is 4.98 Å². The number of pyridine rings is 1. The summed E-state index contributed by atoms with van der Waals surface area (Å²) in [7, 11) is 0. The van der Waals surface area contributed by atoms with Gasteiger partial charge in [-0.25, -0.2) is 0 Å². The van der Waals surface area contributed by atoms with E-state index in [0.717, 1.165) is 5.52 Å². The number of hydrogen-bond donors (Lipinski definition) is 0. The Morgan fingerprint density at radius 3 is 2.53 bits per heavy atom. The average Bonchev–Trinajstić information content (AvgIpc) is 2.86. The third-order valence-electron chi connectivity index (χ3n) is 3.33. The topological polar surface area (TPSA) is 12.9 Å². The zero-order valence-electron chi connectivity index (χ0n) is 10.2. The third kappa shape index (κ3) is 1.72. The van der Waals surface area contributed by atoms with Crippen LogP contribution in [0.5, 0.6) is 0 Å². The van der Waals surface area contributed by atoms with Crippen LogP contribution in [0.15, 0.2) is 66.9 Å². The van der Waals surface area contributed by atoms with Gasteiger partial charge in [0.1, 0.15) is 0 Å². The number of aromatic nitrogens is 1. The van der Waals surface area contributed by atoms with Crippen molar-refractivity contribution in [1.82, 2.24) is 4.98 Å². The second-order valence-corrected chi connectivity index (χ2v) is 5.61. The molecule has 0 aliphatic carbocycles. The molecule has 0 saturated carbocycles. The number of benzene rings is 2. The highest BCUT2D eigenvalue weighted by molar-refractivity contribution is 7.25. The molecule has 2 heterocycles. The van der Waals surface area contributed by atoms with E-state index in [-0.39, 0.29) is 0 Å². The molecule has 90 valence electrons. The van der Waals surface area contributed by atoms with Gasteiger partial charge >= 0.3 is 0 Å². The van der Waals surface area contributed by atoms with Gasteiger partial charge in [-0.1, -0.05) is 36.4 Å². The molecular weight excluding hydrogens is 250 g/mol. The quantitative estimate of drug-likeness (QED) is 0.463. The van der Waals surface area contributed by atoms with E-state index in [1.54, 1.807) is 11.3 Å². The highest BCUT2D eigenvalue weighted by atomic mass is 32.1. The predicted molar refractivity (Wildman–Crippen MR) is 82.6 cm³/mol. The van der Waals surface area contributed by atoms with Gasteiger partial charge in [-0.2, -0.15) is 0 Å². The summed E-state index contributed by atoms with van der Waals surface area (Å²) in [6.45, 7) is 0. The summed E-state index contributed by atoms with van der Waals surface area (Å²) in [4.78, 5) is 4.51. The average molecular weight is 261 g/mol. The molecule has 19 heavy (non-hydrogen) atoms. The first kappa shape index (κ1) is 10.7. The Balaban J connectivity index is 2.03. The molecule has 0 aliphatic heterocycles. The van der Waals surface area contributed by atoms with Crippen LogP contribution in [0.2, 0.25) is 0 Å². The number of hydrogen-bond acceptors (Lipinski definition) is 2. The highest BCUT2D eigenvalue weighted by Gasteiger charge is 2.06. The Hall–Kier alpha value is -2.19. The van der Waals surface area contributed by atoms with Crippen molar-refractivity contribution >= 4 is 31.6 Å².